The van der Waals surface area contributed by atoms with Crippen molar-refractivity contribution in [1.82, 2.24) is 20.0 Å². The highest BCUT2D eigenvalue weighted by Crippen LogP contribution is 2.55. The molecule has 6 rings (SSSR count). The van der Waals surface area contributed by atoms with E-state index in [2.05, 4.69) is 57.4 Å². The predicted octanol–water partition coefficient (Wildman–Crippen LogP) is 5.74. The normalized spacial score (nSPS) is 25.2. The fraction of sp³-hybridized carbons (Fsp3) is 0.656. The van der Waals surface area contributed by atoms with Crippen LogP contribution < -0.4 is 10.6 Å². The van der Waals surface area contributed by atoms with Crippen LogP contribution in [0.4, 0.5) is 10.6 Å². The van der Waals surface area contributed by atoms with E-state index < -0.39 is 0 Å². The van der Waals surface area contributed by atoms with E-state index in [-0.39, 0.29) is 29.4 Å². The molecular formula is C32H47N5O3. The van der Waals surface area contributed by atoms with Gasteiger partial charge < -0.3 is 20.3 Å². The zero-order chi connectivity index (χ0) is 28.7. The van der Waals surface area contributed by atoms with Crippen LogP contribution >= 0.6 is 0 Å². The highest BCUT2D eigenvalue weighted by Gasteiger charge is 2.51. The number of amides is 3. The molecule has 4 aliphatic rings. The monoisotopic (exact) mass is 549 g/mol. The second kappa shape index (κ2) is 11.2. The van der Waals surface area contributed by atoms with Crippen LogP contribution in [0.1, 0.15) is 82.5 Å². The third-order valence-corrected chi connectivity index (χ3v) is 9.13. The van der Waals surface area contributed by atoms with Gasteiger partial charge in [-0.1, -0.05) is 38.5 Å². The molecule has 8 heteroatoms. The van der Waals surface area contributed by atoms with Crippen molar-refractivity contribution < 1.29 is 14.3 Å². The summed E-state index contributed by atoms with van der Waals surface area (Å²) in [7, 11) is 1.66. The number of benzene rings is 1. The Morgan fingerprint density at radius 3 is 2.30 bits per heavy atom. The molecule has 1 heterocycles. The summed E-state index contributed by atoms with van der Waals surface area (Å²) in [6.45, 7) is 11.4. The molecule has 0 spiro atoms. The Morgan fingerprint density at radius 2 is 1.73 bits per heavy atom. The number of anilines is 1. The van der Waals surface area contributed by atoms with Crippen LogP contribution in [0, 0.1) is 31.6 Å². The van der Waals surface area contributed by atoms with Crippen molar-refractivity contribution in [3.8, 4) is 5.69 Å². The summed E-state index contributed by atoms with van der Waals surface area (Å²) in [5.41, 5.74) is 3.77. The number of urea groups is 1. The van der Waals surface area contributed by atoms with Gasteiger partial charge in [0.2, 0.25) is 5.91 Å². The van der Waals surface area contributed by atoms with Gasteiger partial charge in [-0.3, -0.25) is 4.79 Å². The third-order valence-electron chi connectivity index (χ3n) is 9.13. The smallest absolute Gasteiger partial charge is 0.318 e. The van der Waals surface area contributed by atoms with Gasteiger partial charge in [-0.05, 0) is 88.2 Å². The van der Waals surface area contributed by atoms with Gasteiger partial charge in [0, 0.05) is 37.3 Å². The number of nitrogens with zero attached hydrogens (tertiary/aromatic N) is 3. The predicted molar refractivity (Wildman–Crippen MR) is 158 cm³/mol. The summed E-state index contributed by atoms with van der Waals surface area (Å²) < 4.78 is 7.07. The molecule has 1 aromatic heterocycles. The van der Waals surface area contributed by atoms with Crippen molar-refractivity contribution >= 4 is 17.8 Å². The van der Waals surface area contributed by atoms with E-state index in [1.54, 1.807) is 12.0 Å². The number of carbonyl (C=O) groups excluding carboxylic acids is 2. The van der Waals surface area contributed by atoms with Crippen LogP contribution in [0.3, 0.4) is 0 Å². The summed E-state index contributed by atoms with van der Waals surface area (Å²) in [4.78, 5) is 28.8. The fourth-order valence-electron chi connectivity index (χ4n) is 7.64. The number of ether oxygens (including phenoxy) is 1. The fourth-order valence-corrected chi connectivity index (χ4v) is 7.64. The molecule has 4 saturated carbocycles. The molecule has 8 nitrogen and oxygen atoms in total. The van der Waals surface area contributed by atoms with Gasteiger partial charge in [0.25, 0.3) is 0 Å². The molecule has 0 atom stereocenters. The largest absolute Gasteiger partial charge is 0.385 e. The summed E-state index contributed by atoms with van der Waals surface area (Å²) in [6, 6.07) is 8.02. The van der Waals surface area contributed by atoms with Crippen LogP contribution in [-0.4, -0.2) is 59.0 Å². The summed E-state index contributed by atoms with van der Waals surface area (Å²) >= 11 is 0. The van der Waals surface area contributed by atoms with Crippen LogP contribution in [0.15, 0.2) is 24.3 Å². The van der Waals surface area contributed by atoms with Crippen LogP contribution in [-0.2, 0) is 14.9 Å². The maximum Gasteiger partial charge on any atom is 0.318 e. The first-order chi connectivity index (χ1) is 18.9. The van der Waals surface area contributed by atoms with Gasteiger partial charge in [-0.15, -0.1) is 0 Å². The van der Waals surface area contributed by atoms with E-state index in [1.165, 1.54) is 24.8 Å². The number of aromatic nitrogens is 2. The van der Waals surface area contributed by atoms with Gasteiger partial charge >= 0.3 is 6.03 Å². The minimum absolute atomic E-state index is 0.0230. The molecule has 40 heavy (non-hydrogen) atoms. The van der Waals surface area contributed by atoms with Crippen LogP contribution in [0.25, 0.3) is 5.69 Å². The Balaban J connectivity index is 1.33. The summed E-state index contributed by atoms with van der Waals surface area (Å²) in [6.07, 6.45) is 7.86. The lowest BCUT2D eigenvalue weighted by atomic mass is 9.53. The zero-order valence-electron chi connectivity index (χ0n) is 25.2. The highest BCUT2D eigenvalue weighted by molar-refractivity contribution is 5.94. The van der Waals surface area contributed by atoms with Gasteiger partial charge in [0.15, 0.2) is 0 Å². The molecule has 2 N–H and O–H groups in total. The minimum Gasteiger partial charge on any atom is -0.385 e. The molecule has 4 aliphatic carbocycles. The van der Waals surface area contributed by atoms with Crippen LogP contribution in [0.2, 0.25) is 0 Å². The van der Waals surface area contributed by atoms with Gasteiger partial charge in [-0.2, -0.15) is 5.10 Å². The number of hydrogen-bond acceptors (Lipinski definition) is 4. The van der Waals surface area contributed by atoms with Crippen molar-refractivity contribution in [3.05, 3.63) is 41.1 Å². The van der Waals surface area contributed by atoms with E-state index in [0.29, 0.717) is 25.4 Å². The average molecular weight is 550 g/mol. The number of nitrogens with one attached hydrogen (secondary N) is 2. The lowest BCUT2D eigenvalue weighted by Crippen LogP contribution is -2.62. The van der Waals surface area contributed by atoms with Crippen LogP contribution in [0.5, 0.6) is 0 Å². The van der Waals surface area contributed by atoms with Gasteiger partial charge in [0.05, 0.1) is 11.4 Å². The lowest BCUT2D eigenvalue weighted by molar-refractivity contribution is -0.117. The number of hydrogen-bond donors (Lipinski definition) is 2. The Hall–Kier alpha value is -2.87. The second-order valence-electron chi connectivity index (χ2n) is 13.8. The molecular weight excluding hydrogens is 502 g/mol. The first kappa shape index (κ1) is 28.7. The maximum absolute atomic E-state index is 13.7. The van der Waals surface area contributed by atoms with E-state index in [4.69, 9.17) is 9.84 Å². The SMILES string of the molecule is COCCCN(CC(=O)Nc1cc(C(C)(C)C)nn1-c1ccc(C)cc1C)C(=O)NC12CC3CC(CC(C3)C1)C2. The average Bonchev–Trinajstić information content (AvgIpc) is 3.26. The van der Waals surface area contributed by atoms with E-state index in [9.17, 15) is 9.59 Å². The zero-order valence-corrected chi connectivity index (χ0v) is 25.2. The molecule has 4 bridgehead atoms. The molecule has 0 aliphatic heterocycles. The Labute approximate surface area is 239 Å². The van der Waals surface area contributed by atoms with E-state index in [0.717, 1.165) is 54.0 Å². The molecule has 0 saturated heterocycles. The molecule has 0 unspecified atom stereocenters. The van der Waals surface area contributed by atoms with Crippen molar-refractivity contribution in [2.75, 3.05) is 32.1 Å². The third kappa shape index (κ3) is 6.22. The molecule has 4 fully saturated rings. The maximum atomic E-state index is 13.7. The van der Waals surface area contributed by atoms with E-state index >= 15 is 0 Å². The molecule has 1 aromatic carbocycles. The van der Waals surface area contributed by atoms with Crippen molar-refractivity contribution in [2.45, 2.75) is 90.5 Å². The molecule has 0 radical (unpaired) electrons. The van der Waals surface area contributed by atoms with Crippen molar-refractivity contribution in [3.63, 3.8) is 0 Å². The molecule has 3 amide bonds. The number of methoxy groups -OCH3 is 1. The van der Waals surface area contributed by atoms with Crippen molar-refractivity contribution in [2.24, 2.45) is 17.8 Å². The topological polar surface area (TPSA) is 88.5 Å². The first-order valence-electron chi connectivity index (χ1n) is 15.0. The lowest BCUT2D eigenvalue weighted by Gasteiger charge is -2.57. The molecule has 2 aromatic rings. The van der Waals surface area contributed by atoms with Crippen molar-refractivity contribution in [1.29, 1.82) is 0 Å². The quantitative estimate of drug-likeness (QED) is 0.390. The Kier molecular flexibility index (Phi) is 8.01. The Morgan fingerprint density at radius 1 is 1.07 bits per heavy atom. The van der Waals surface area contributed by atoms with Gasteiger partial charge in [0.1, 0.15) is 12.4 Å². The second-order valence-corrected chi connectivity index (χ2v) is 13.8. The number of aryl methyl sites for hydroxylation is 2. The standard InChI is InChI=1S/C32H47N5O3/c1-21-8-9-26(22(2)12-21)37-28(16-27(35-37)31(3,4)5)33-29(38)20-36(10-7-11-40-6)30(39)34-32-17-23-13-24(18-32)15-25(14-23)19-32/h8-9,12,16,23-25H,7,10-11,13-15,17-20H2,1-6H3,(H,33,38)(H,34,39). The Bertz CT molecular complexity index is 1210. The number of rotatable bonds is 9. The molecule has 218 valence electrons. The van der Waals surface area contributed by atoms with Gasteiger partial charge in [-0.25, -0.2) is 9.48 Å². The highest BCUT2D eigenvalue weighted by atomic mass is 16.5. The first-order valence-corrected chi connectivity index (χ1v) is 15.0. The number of carbonyl (C=O) groups is 2. The van der Waals surface area contributed by atoms with E-state index in [1.807, 2.05) is 16.8 Å². The summed E-state index contributed by atoms with van der Waals surface area (Å²) in [5.74, 6) is 2.59. The summed E-state index contributed by atoms with van der Waals surface area (Å²) in [5, 5.41) is 11.4. The minimum atomic E-state index is -0.232.